The van der Waals surface area contributed by atoms with Crippen LogP contribution in [-0.2, 0) is 0 Å². The van der Waals surface area contributed by atoms with Gasteiger partial charge in [-0.3, -0.25) is 0 Å². The van der Waals surface area contributed by atoms with E-state index in [9.17, 15) is 0 Å². The maximum absolute atomic E-state index is 2.36. The van der Waals surface area contributed by atoms with Crippen LogP contribution in [0.5, 0.6) is 0 Å². The largest absolute Gasteiger partial charge is 0.0776 e. The van der Waals surface area contributed by atoms with Crippen molar-refractivity contribution in [1.29, 1.82) is 0 Å². The maximum Gasteiger partial charge on any atom is -0.0109 e. The quantitative estimate of drug-likeness (QED) is 0.627. The van der Waals surface area contributed by atoms with Gasteiger partial charge in [0.25, 0.3) is 0 Å². The molecular formula is C16H20. The van der Waals surface area contributed by atoms with E-state index in [0.29, 0.717) is 0 Å². The molecule has 0 amide bonds. The van der Waals surface area contributed by atoms with Crippen LogP contribution < -0.4 is 10.4 Å². The van der Waals surface area contributed by atoms with Crippen LogP contribution in [0.2, 0.25) is 0 Å². The van der Waals surface area contributed by atoms with E-state index in [2.05, 4.69) is 48.6 Å². The predicted octanol–water partition coefficient (Wildman–Crippen LogP) is 3.47. The Bertz CT molecular complexity index is 591. The number of benzene rings is 2. The molecule has 84 valence electrons. The fourth-order valence-corrected chi connectivity index (χ4v) is 2.18. The molecule has 0 heterocycles. The summed E-state index contributed by atoms with van der Waals surface area (Å²) in [6, 6.07) is 13.0. The van der Waals surface area contributed by atoms with Crippen LogP contribution in [0, 0.1) is 0 Å². The zero-order valence-corrected chi connectivity index (χ0v) is 8.03. The average molecular weight is 212 g/mol. The number of hydrogen-bond acceptors (Lipinski definition) is 0. The Morgan fingerprint density at radius 3 is 2.38 bits per heavy atom. The molecule has 1 aliphatic carbocycles. The third-order valence-electron chi connectivity index (χ3n) is 2.88. The highest BCUT2D eigenvalue weighted by Crippen LogP contribution is 2.08. The molecule has 0 spiro atoms. The topological polar surface area (TPSA) is 0 Å². The minimum absolute atomic E-state index is 0. The van der Waals surface area contributed by atoms with Crippen molar-refractivity contribution in [3.63, 3.8) is 0 Å². The number of rotatable bonds is 0. The molecule has 0 aromatic heterocycles. The summed E-state index contributed by atoms with van der Waals surface area (Å²) in [5.74, 6) is 0. The first-order chi connectivity index (χ1) is 6.95. The van der Waals surface area contributed by atoms with Crippen molar-refractivity contribution in [3.8, 4) is 0 Å². The van der Waals surface area contributed by atoms with Gasteiger partial charge >= 0.3 is 0 Å². The second-order valence-corrected chi connectivity index (χ2v) is 3.78. The summed E-state index contributed by atoms with van der Waals surface area (Å²) < 4.78 is 0. The second kappa shape index (κ2) is 4.98. The summed E-state index contributed by atoms with van der Waals surface area (Å²) in [5.41, 5.74) is 0. The van der Waals surface area contributed by atoms with Crippen molar-refractivity contribution in [3.05, 3.63) is 46.8 Å². The van der Waals surface area contributed by atoms with Crippen molar-refractivity contribution < 1.29 is 0 Å². The smallest absolute Gasteiger partial charge is 0.0109 e. The highest BCUT2D eigenvalue weighted by Gasteiger charge is 1.97. The molecule has 0 bridgehead atoms. The van der Waals surface area contributed by atoms with Crippen molar-refractivity contribution in [1.82, 2.24) is 0 Å². The van der Waals surface area contributed by atoms with E-state index in [0.717, 1.165) is 0 Å². The van der Waals surface area contributed by atoms with Gasteiger partial charge in [0.1, 0.15) is 0 Å². The van der Waals surface area contributed by atoms with Crippen LogP contribution in [0.15, 0.2) is 36.4 Å². The Morgan fingerprint density at radius 1 is 0.750 bits per heavy atom. The number of hydrogen-bond donors (Lipinski definition) is 0. The summed E-state index contributed by atoms with van der Waals surface area (Å²) in [7, 11) is 0. The molecule has 1 aliphatic rings. The third-order valence-corrected chi connectivity index (χ3v) is 2.88. The second-order valence-electron chi connectivity index (χ2n) is 3.78. The van der Waals surface area contributed by atoms with Gasteiger partial charge in [-0.05, 0) is 34.1 Å². The van der Waals surface area contributed by atoms with E-state index < -0.39 is 0 Å². The lowest BCUT2D eigenvalue weighted by Crippen LogP contribution is -2.26. The molecule has 0 radical (unpaired) electrons. The first-order valence-electron chi connectivity index (χ1n) is 5.13. The van der Waals surface area contributed by atoms with Gasteiger partial charge in [-0.1, -0.05) is 63.4 Å². The SMILES string of the molecule is C.C.C1=c2ccc3ccccc3c2=CCC1. The van der Waals surface area contributed by atoms with E-state index >= 15 is 0 Å². The monoisotopic (exact) mass is 212 g/mol. The Hall–Kier alpha value is -1.56. The lowest BCUT2D eigenvalue weighted by molar-refractivity contribution is 1.12. The van der Waals surface area contributed by atoms with E-state index in [4.69, 9.17) is 0 Å². The Kier molecular flexibility index (Phi) is 3.89. The van der Waals surface area contributed by atoms with E-state index in [1.54, 1.807) is 0 Å². The zero-order valence-electron chi connectivity index (χ0n) is 8.03. The van der Waals surface area contributed by atoms with E-state index in [1.165, 1.54) is 34.1 Å². The van der Waals surface area contributed by atoms with Crippen LogP contribution in [0.4, 0.5) is 0 Å². The van der Waals surface area contributed by atoms with Gasteiger partial charge in [0, 0.05) is 0 Å². The van der Waals surface area contributed by atoms with Crippen LogP contribution in [0.3, 0.4) is 0 Å². The summed E-state index contributed by atoms with van der Waals surface area (Å²) in [6.45, 7) is 0. The summed E-state index contributed by atoms with van der Waals surface area (Å²) >= 11 is 0. The van der Waals surface area contributed by atoms with Gasteiger partial charge in [-0.25, -0.2) is 0 Å². The summed E-state index contributed by atoms with van der Waals surface area (Å²) in [6.07, 6.45) is 7.06. The van der Waals surface area contributed by atoms with E-state index in [1.807, 2.05) is 0 Å². The highest BCUT2D eigenvalue weighted by molar-refractivity contribution is 5.84. The first kappa shape index (κ1) is 12.5. The fourth-order valence-electron chi connectivity index (χ4n) is 2.18. The third kappa shape index (κ3) is 1.88. The fraction of sp³-hybridized carbons (Fsp3) is 0.250. The van der Waals surface area contributed by atoms with Crippen LogP contribution >= 0.6 is 0 Å². The molecule has 0 fully saturated rings. The molecule has 0 atom stereocenters. The molecule has 0 saturated carbocycles. The molecule has 0 nitrogen and oxygen atoms in total. The normalized spacial score (nSPS) is 12.5. The lowest BCUT2D eigenvalue weighted by Gasteiger charge is -2.03. The molecule has 16 heavy (non-hydrogen) atoms. The minimum atomic E-state index is 0. The Labute approximate surface area is 97.9 Å². The zero-order chi connectivity index (χ0) is 9.38. The van der Waals surface area contributed by atoms with Gasteiger partial charge in [0.05, 0.1) is 0 Å². The van der Waals surface area contributed by atoms with Gasteiger partial charge in [0.15, 0.2) is 0 Å². The minimum Gasteiger partial charge on any atom is -0.0776 e. The molecule has 0 heteroatoms. The van der Waals surface area contributed by atoms with Crippen LogP contribution in [0.1, 0.15) is 27.7 Å². The van der Waals surface area contributed by atoms with Crippen molar-refractivity contribution in [2.75, 3.05) is 0 Å². The van der Waals surface area contributed by atoms with Crippen LogP contribution in [0.25, 0.3) is 22.9 Å². The summed E-state index contributed by atoms with van der Waals surface area (Å²) in [5, 5.41) is 5.56. The Morgan fingerprint density at radius 2 is 1.50 bits per heavy atom. The van der Waals surface area contributed by atoms with Gasteiger partial charge < -0.3 is 0 Å². The lowest BCUT2D eigenvalue weighted by atomic mass is 10.0. The molecule has 0 N–H and O–H groups in total. The van der Waals surface area contributed by atoms with Gasteiger partial charge in [-0.2, -0.15) is 0 Å². The molecule has 2 aromatic carbocycles. The van der Waals surface area contributed by atoms with Crippen molar-refractivity contribution >= 4 is 22.9 Å². The standard InChI is InChI=1S/C14H12.2CH4/c1-3-7-13-11(5-1)9-10-12-6-2-4-8-14(12)13;;/h1,3,5-10H,2,4H2;2*1H4. The predicted molar refractivity (Wildman–Crippen MR) is 74.8 cm³/mol. The molecule has 0 unspecified atom stereocenters. The Balaban J connectivity index is 0.000000640. The highest BCUT2D eigenvalue weighted by atomic mass is 14.0. The van der Waals surface area contributed by atoms with E-state index in [-0.39, 0.29) is 14.9 Å². The van der Waals surface area contributed by atoms with Crippen molar-refractivity contribution in [2.24, 2.45) is 0 Å². The van der Waals surface area contributed by atoms with Crippen LogP contribution in [-0.4, -0.2) is 0 Å². The van der Waals surface area contributed by atoms with Gasteiger partial charge in [-0.15, -0.1) is 0 Å². The molecule has 3 rings (SSSR count). The maximum atomic E-state index is 2.36. The van der Waals surface area contributed by atoms with Crippen molar-refractivity contribution in [2.45, 2.75) is 27.7 Å². The summed E-state index contributed by atoms with van der Waals surface area (Å²) in [4.78, 5) is 0. The van der Waals surface area contributed by atoms with Gasteiger partial charge in [0.2, 0.25) is 0 Å². The first-order valence-corrected chi connectivity index (χ1v) is 5.13. The average Bonchev–Trinajstić information content (AvgIpc) is 2.29. The molecule has 2 aromatic rings. The molecule has 0 saturated heterocycles. The number of fused-ring (bicyclic) bond motifs is 3. The molecular weight excluding hydrogens is 192 g/mol. The molecule has 0 aliphatic heterocycles.